The molecule has 0 fully saturated rings. The van der Waals surface area contributed by atoms with Crippen LogP contribution in [0.3, 0.4) is 0 Å². The first-order chi connectivity index (χ1) is 6.63. The Labute approximate surface area is 90.3 Å². The summed E-state index contributed by atoms with van der Waals surface area (Å²) in [5, 5.41) is 4.61. The molecule has 0 bridgehead atoms. The van der Waals surface area contributed by atoms with E-state index >= 15 is 0 Å². The SMILES string of the molecule is CC(C)C1(CN)c2cscc2CC1C. The molecule has 0 aromatic carbocycles. The minimum atomic E-state index is 0.245. The highest BCUT2D eigenvalue weighted by Crippen LogP contribution is 2.48. The van der Waals surface area contributed by atoms with Crippen LogP contribution in [0.25, 0.3) is 0 Å². The topological polar surface area (TPSA) is 26.0 Å². The summed E-state index contributed by atoms with van der Waals surface area (Å²) in [7, 11) is 0. The molecule has 78 valence electrons. The van der Waals surface area contributed by atoms with Gasteiger partial charge in [0.2, 0.25) is 0 Å². The Kier molecular flexibility index (Phi) is 2.44. The summed E-state index contributed by atoms with van der Waals surface area (Å²) in [4.78, 5) is 0. The van der Waals surface area contributed by atoms with Crippen LogP contribution in [-0.4, -0.2) is 6.54 Å². The Morgan fingerprint density at radius 2 is 2.29 bits per heavy atom. The summed E-state index contributed by atoms with van der Waals surface area (Å²) in [5.74, 6) is 1.34. The molecule has 1 aromatic heterocycles. The van der Waals surface area contributed by atoms with E-state index < -0.39 is 0 Å². The second-order valence-corrected chi connectivity index (χ2v) is 5.56. The summed E-state index contributed by atoms with van der Waals surface area (Å²) in [6, 6.07) is 0. The molecular formula is C12H19NS. The zero-order valence-corrected chi connectivity index (χ0v) is 10.0. The summed E-state index contributed by atoms with van der Waals surface area (Å²) in [6.07, 6.45) is 1.22. The highest BCUT2D eigenvalue weighted by molar-refractivity contribution is 7.08. The van der Waals surface area contributed by atoms with Crippen molar-refractivity contribution in [2.75, 3.05) is 6.54 Å². The van der Waals surface area contributed by atoms with Crippen LogP contribution in [0.15, 0.2) is 10.8 Å². The molecule has 0 aliphatic heterocycles. The fourth-order valence-electron chi connectivity index (χ4n) is 3.09. The maximum Gasteiger partial charge on any atom is 0.0138 e. The fraction of sp³-hybridized carbons (Fsp3) is 0.667. The van der Waals surface area contributed by atoms with E-state index in [0.717, 1.165) is 6.54 Å². The molecule has 1 aromatic rings. The molecule has 1 nitrogen and oxygen atoms in total. The highest BCUT2D eigenvalue weighted by atomic mass is 32.1. The van der Waals surface area contributed by atoms with Crippen LogP contribution < -0.4 is 5.73 Å². The zero-order chi connectivity index (χ0) is 10.3. The highest BCUT2D eigenvalue weighted by Gasteiger charge is 2.45. The molecule has 0 spiro atoms. The first kappa shape index (κ1) is 10.2. The Morgan fingerprint density at radius 3 is 2.86 bits per heavy atom. The third kappa shape index (κ3) is 1.10. The molecule has 0 amide bonds. The van der Waals surface area contributed by atoms with Crippen molar-refractivity contribution >= 4 is 11.3 Å². The predicted molar refractivity (Wildman–Crippen MR) is 62.8 cm³/mol. The molecular weight excluding hydrogens is 190 g/mol. The Hall–Kier alpha value is -0.340. The Bertz CT molecular complexity index is 329. The molecule has 2 unspecified atom stereocenters. The molecule has 0 saturated carbocycles. The van der Waals surface area contributed by atoms with Crippen LogP contribution in [-0.2, 0) is 11.8 Å². The third-order valence-corrected chi connectivity index (χ3v) is 4.81. The van der Waals surface area contributed by atoms with E-state index in [1.807, 2.05) is 11.3 Å². The van der Waals surface area contributed by atoms with Gasteiger partial charge in [-0.2, -0.15) is 11.3 Å². The molecule has 0 radical (unpaired) electrons. The van der Waals surface area contributed by atoms with Crippen LogP contribution in [0.4, 0.5) is 0 Å². The molecule has 2 N–H and O–H groups in total. The van der Waals surface area contributed by atoms with Gasteiger partial charge in [-0.1, -0.05) is 20.8 Å². The van der Waals surface area contributed by atoms with Gasteiger partial charge in [-0.05, 0) is 40.1 Å². The van der Waals surface area contributed by atoms with Crippen molar-refractivity contribution in [1.82, 2.24) is 0 Å². The van der Waals surface area contributed by atoms with Gasteiger partial charge in [-0.25, -0.2) is 0 Å². The summed E-state index contributed by atoms with van der Waals surface area (Å²) >= 11 is 1.82. The molecule has 2 heteroatoms. The van der Waals surface area contributed by atoms with Gasteiger partial charge in [0.15, 0.2) is 0 Å². The second-order valence-electron chi connectivity index (χ2n) is 4.82. The Balaban J connectivity index is 2.52. The number of fused-ring (bicyclic) bond motifs is 1. The smallest absolute Gasteiger partial charge is 0.0138 e. The fourth-order valence-corrected chi connectivity index (χ4v) is 4.06. The average Bonchev–Trinajstić information content (AvgIpc) is 2.63. The number of hydrogen-bond donors (Lipinski definition) is 1. The van der Waals surface area contributed by atoms with Gasteiger partial charge >= 0.3 is 0 Å². The van der Waals surface area contributed by atoms with E-state index in [1.54, 1.807) is 5.56 Å². The van der Waals surface area contributed by atoms with E-state index in [0.29, 0.717) is 11.8 Å². The van der Waals surface area contributed by atoms with Crippen molar-refractivity contribution in [3.05, 3.63) is 21.9 Å². The monoisotopic (exact) mass is 209 g/mol. The number of hydrogen-bond acceptors (Lipinski definition) is 2. The van der Waals surface area contributed by atoms with E-state index in [4.69, 9.17) is 5.73 Å². The lowest BCUT2D eigenvalue weighted by molar-refractivity contribution is 0.235. The maximum atomic E-state index is 6.04. The van der Waals surface area contributed by atoms with E-state index in [-0.39, 0.29) is 5.41 Å². The maximum absolute atomic E-state index is 6.04. The summed E-state index contributed by atoms with van der Waals surface area (Å²) < 4.78 is 0. The van der Waals surface area contributed by atoms with Gasteiger partial charge in [-0.3, -0.25) is 0 Å². The van der Waals surface area contributed by atoms with Crippen LogP contribution in [0.5, 0.6) is 0 Å². The van der Waals surface area contributed by atoms with Crippen LogP contribution >= 0.6 is 11.3 Å². The molecule has 0 saturated heterocycles. The summed E-state index contributed by atoms with van der Waals surface area (Å²) in [5.41, 5.74) is 9.36. The minimum Gasteiger partial charge on any atom is -0.330 e. The van der Waals surface area contributed by atoms with Gasteiger partial charge in [0.25, 0.3) is 0 Å². The quantitative estimate of drug-likeness (QED) is 0.796. The van der Waals surface area contributed by atoms with Crippen molar-refractivity contribution in [2.45, 2.75) is 32.6 Å². The lowest BCUT2D eigenvalue weighted by atomic mass is 9.68. The molecule has 1 heterocycles. The lowest BCUT2D eigenvalue weighted by Gasteiger charge is -2.37. The van der Waals surface area contributed by atoms with Gasteiger partial charge in [0.1, 0.15) is 0 Å². The number of thiophene rings is 1. The van der Waals surface area contributed by atoms with Crippen LogP contribution in [0.1, 0.15) is 31.9 Å². The molecule has 1 aliphatic rings. The predicted octanol–water partition coefficient (Wildman–Crippen LogP) is 2.79. The first-order valence-corrected chi connectivity index (χ1v) is 6.32. The van der Waals surface area contributed by atoms with Crippen molar-refractivity contribution < 1.29 is 0 Å². The molecule has 1 aliphatic carbocycles. The number of nitrogens with two attached hydrogens (primary N) is 1. The molecule has 14 heavy (non-hydrogen) atoms. The Morgan fingerprint density at radius 1 is 1.57 bits per heavy atom. The molecule has 2 atom stereocenters. The average molecular weight is 209 g/mol. The van der Waals surface area contributed by atoms with E-state index in [9.17, 15) is 0 Å². The standard InChI is InChI=1S/C12H19NS/c1-8(2)12(7-13)9(3)4-10-5-14-6-11(10)12/h5-6,8-9H,4,7,13H2,1-3H3. The molecule has 2 rings (SSSR count). The van der Waals surface area contributed by atoms with Crippen molar-refractivity contribution in [3.8, 4) is 0 Å². The zero-order valence-electron chi connectivity index (χ0n) is 9.21. The first-order valence-electron chi connectivity index (χ1n) is 5.38. The van der Waals surface area contributed by atoms with E-state index in [2.05, 4.69) is 31.5 Å². The van der Waals surface area contributed by atoms with Crippen molar-refractivity contribution in [2.24, 2.45) is 17.6 Å². The summed E-state index contributed by atoms with van der Waals surface area (Å²) in [6.45, 7) is 7.74. The van der Waals surface area contributed by atoms with Crippen LogP contribution in [0, 0.1) is 11.8 Å². The minimum absolute atomic E-state index is 0.245. The van der Waals surface area contributed by atoms with Gasteiger partial charge in [0.05, 0.1) is 0 Å². The van der Waals surface area contributed by atoms with Gasteiger partial charge < -0.3 is 5.73 Å². The van der Waals surface area contributed by atoms with Gasteiger partial charge in [-0.15, -0.1) is 0 Å². The largest absolute Gasteiger partial charge is 0.330 e. The second kappa shape index (κ2) is 3.35. The number of rotatable bonds is 2. The van der Waals surface area contributed by atoms with Gasteiger partial charge in [0, 0.05) is 12.0 Å². The lowest BCUT2D eigenvalue weighted by Crippen LogP contribution is -2.43. The van der Waals surface area contributed by atoms with E-state index in [1.165, 1.54) is 12.0 Å². The normalized spacial score (nSPS) is 31.1. The third-order valence-electron chi connectivity index (χ3n) is 4.02. The van der Waals surface area contributed by atoms with Crippen molar-refractivity contribution in [3.63, 3.8) is 0 Å². The van der Waals surface area contributed by atoms with Crippen LogP contribution in [0.2, 0.25) is 0 Å². The van der Waals surface area contributed by atoms with Crippen molar-refractivity contribution in [1.29, 1.82) is 0 Å².